The first kappa shape index (κ1) is 20.9. The number of thioether (sulfide) groups is 1. The van der Waals surface area contributed by atoms with Crippen LogP contribution in [0.5, 0.6) is 0 Å². The Morgan fingerprint density at radius 1 is 1.47 bits per heavy atom. The zero-order valence-electron chi connectivity index (χ0n) is 16.8. The number of H-pyrrole nitrogens is 1. The third kappa shape index (κ3) is 4.23. The van der Waals surface area contributed by atoms with E-state index in [0.29, 0.717) is 33.4 Å². The molecular weight excluding hydrogens is 424 g/mol. The average molecular weight is 447 g/mol. The molecule has 1 amide bonds. The van der Waals surface area contributed by atoms with Crippen LogP contribution in [0.2, 0.25) is 5.02 Å². The number of nitrogens with one attached hydrogen (secondary N) is 3. The quantitative estimate of drug-likeness (QED) is 0.398. The van der Waals surface area contributed by atoms with Gasteiger partial charge in [-0.15, -0.1) is 0 Å². The lowest BCUT2D eigenvalue weighted by Crippen LogP contribution is -2.33. The lowest BCUT2D eigenvalue weighted by atomic mass is 10.2. The number of carbonyl (C=O) groups is 1. The summed E-state index contributed by atoms with van der Waals surface area (Å²) in [7, 11) is 0. The molecule has 3 N–H and O–H groups in total. The van der Waals surface area contributed by atoms with Crippen molar-refractivity contribution in [3.63, 3.8) is 0 Å². The van der Waals surface area contributed by atoms with Gasteiger partial charge in [0.05, 0.1) is 22.9 Å². The summed E-state index contributed by atoms with van der Waals surface area (Å²) in [4.78, 5) is 17.0. The fourth-order valence-corrected chi connectivity index (χ4v) is 4.41. The maximum atomic E-state index is 12.4. The van der Waals surface area contributed by atoms with E-state index in [1.807, 2.05) is 26.0 Å². The van der Waals surface area contributed by atoms with Gasteiger partial charge in [0.25, 0.3) is 0 Å². The highest BCUT2D eigenvalue weighted by Gasteiger charge is 2.19. The summed E-state index contributed by atoms with van der Waals surface area (Å²) in [6, 6.07) is 5.60. The van der Waals surface area contributed by atoms with E-state index in [0.717, 1.165) is 30.7 Å². The number of aromatic nitrogens is 4. The van der Waals surface area contributed by atoms with Crippen molar-refractivity contribution in [2.24, 2.45) is 0 Å². The number of benzene rings is 1. The molecule has 8 nitrogen and oxygen atoms in total. The van der Waals surface area contributed by atoms with Crippen LogP contribution in [0, 0.1) is 19.3 Å². The maximum Gasteiger partial charge on any atom is 0.230 e. The van der Waals surface area contributed by atoms with E-state index in [-0.39, 0.29) is 23.3 Å². The summed E-state index contributed by atoms with van der Waals surface area (Å²) in [5.41, 5.74) is 3.12. The lowest BCUT2D eigenvalue weighted by molar-refractivity contribution is -0.119. The highest BCUT2D eigenvalue weighted by molar-refractivity contribution is 7.99. The van der Waals surface area contributed by atoms with Gasteiger partial charge < -0.3 is 10.1 Å². The summed E-state index contributed by atoms with van der Waals surface area (Å²) in [5, 5.41) is 20.5. The van der Waals surface area contributed by atoms with Gasteiger partial charge in [-0.2, -0.15) is 5.10 Å². The van der Waals surface area contributed by atoms with Gasteiger partial charge in [0.2, 0.25) is 5.91 Å². The van der Waals surface area contributed by atoms with Crippen LogP contribution in [-0.2, 0) is 9.53 Å². The Morgan fingerprint density at radius 3 is 3.03 bits per heavy atom. The number of fused-ring (bicyclic) bond motifs is 1. The lowest BCUT2D eigenvalue weighted by Gasteiger charge is -2.15. The van der Waals surface area contributed by atoms with E-state index in [1.54, 1.807) is 10.6 Å². The zero-order valence-corrected chi connectivity index (χ0v) is 18.4. The first-order valence-electron chi connectivity index (χ1n) is 9.74. The number of aromatic amines is 1. The Labute approximate surface area is 182 Å². The number of hydrogen-bond donors (Lipinski definition) is 3. The molecule has 30 heavy (non-hydrogen) atoms. The van der Waals surface area contributed by atoms with E-state index in [2.05, 4.69) is 20.5 Å². The Hall–Kier alpha value is -2.36. The number of rotatable bonds is 6. The highest BCUT2D eigenvalue weighted by Crippen LogP contribution is 2.24. The molecular formula is C20H23ClN6O2S. The van der Waals surface area contributed by atoms with Crippen molar-refractivity contribution in [2.75, 3.05) is 18.9 Å². The van der Waals surface area contributed by atoms with Gasteiger partial charge >= 0.3 is 0 Å². The molecule has 1 aliphatic rings. The number of carbonyl (C=O) groups excluding carboxylic acids is 1. The Balaban J connectivity index is 1.63. The fraction of sp³-hybridized carbons (Fsp3) is 0.400. The predicted octanol–water partition coefficient (Wildman–Crippen LogP) is 2.89. The molecule has 4 rings (SSSR count). The van der Waals surface area contributed by atoms with Crippen LogP contribution in [0.1, 0.15) is 24.1 Å². The van der Waals surface area contributed by atoms with Gasteiger partial charge in [-0.1, -0.05) is 29.4 Å². The molecule has 1 atom stereocenters. The number of amides is 1. The largest absolute Gasteiger partial charge is 0.376 e. The van der Waals surface area contributed by atoms with Crippen molar-refractivity contribution >= 4 is 40.3 Å². The van der Waals surface area contributed by atoms with E-state index in [4.69, 9.17) is 21.7 Å². The Kier molecular flexibility index (Phi) is 6.12. The van der Waals surface area contributed by atoms with Crippen LogP contribution in [0.25, 0.3) is 16.7 Å². The Bertz CT molecular complexity index is 1150. The maximum absolute atomic E-state index is 12.4. The van der Waals surface area contributed by atoms with E-state index in [1.165, 1.54) is 11.8 Å². The van der Waals surface area contributed by atoms with Crippen molar-refractivity contribution in [1.82, 2.24) is 25.1 Å². The second-order valence-corrected chi connectivity index (χ2v) is 8.64. The molecule has 0 saturated carbocycles. The van der Waals surface area contributed by atoms with Crippen molar-refractivity contribution in [3.8, 4) is 5.69 Å². The summed E-state index contributed by atoms with van der Waals surface area (Å²) in [5.74, 6) is 0.0730. The van der Waals surface area contributed by atoms with Gasteiger partial charge in [-0.05, 0) is 44.4 Å². The van der Waals surface area contributed by atoms with Gasteiger partial charge in [0.1, 0.15) is 5.49 Å². The van der Waals surface area contributed by atoms with Crippen molar-refractivity contribution < 1.29 is 9.53 Å². The SMILES string of the molecule is Cc1ccc(-n2c(SCC(=O)NCC3CCCO3)nc3n[nH]c(C)c3c2=N)cc1Cl. The van der Waals surface area contributed by atoms with Crippen LogP contribution < -0.4 is 10.8 Å². The van der Waals surface area contributed by atoms with Crippen molar-refractivity contribution in [1.29, 1.82) is 5.41 Å². The molecule has 1 fully saturated rings. The van der Waals surface area contributed by atoms with Crippen molar-refractivity contribution in [3.05, 3.63) is 40.0 Å². The summed E-state index contributed by atoms with van der Waals surface area (Å²) in [6.45, 7) is 5.05. The number of ether oxygens (including phenoxy) is 1. The molecule has 0 radical (unpaired) electrons. The summed E-state index contributed by atoms with van der Waals surface area (Å²) in [6.07, 6.45) is 2.11. The standard InChI is InChI=1S/C20H23ClN6O2S/c1-11-5-6-13(8-15(11)21)27-18(22)17-12(2)25-26-19(17)24-20(27)30-10-16(28)23-9-14-4-3-7-29-14/h5-6,8,14,22H,3-4,7,9-10H2,1-2H3,(H,23,28)(H,25,26). The second-order valence-electron chi connectivity index (χ2n) is 7.29. The summed E-state index contributed by atoms with van der Waals surface area (Å²) < 4.78 is 7.25. The third-order valence-electron chi connectivity index (χ3n) is 5.08. The van der Waals surface area contributed by atoms with Crippen LogP contribution in [0.15, 0.2) is 23.4 Å². The van der Waals surface area contributed by atoms with Crippen LogP contribution in [-0.4, -0.2) is 50.7 Å². The minimum Gasteiger partial charge on any atom is -0.376 e. The van der Waals surface area contributed by atoms with Gasteiger partial charge in [-0.25, -0.2) is 4.98 Å². The zero-order chi connectivity index (χ0) is 21.3. The van der Waals surface area contributed by atoms with Crippen LogP contribution >= 0.6 is 23.4 Å². The third-order valence-corrected chi connectivity index (χ3v) is 6.42. The smallest absolute Gasteiger partial charge is 0.230 e. The van der Waals surface area contributed by atoms with Gasteiger partial charge in [0.15, 0.2) is 10.8 Å². The molecule has 3 aromatic rings. The van der Waals surface area contributed by atoms with Crippen LogP contribution in [0.4, 0.5) is 0 Å². The fourth-order valence-electron chi connectivity index (χ4n) is 3.40. The molecule has 0 bridgehead atoms. The number of nitrogens with zero attached hydrogens (tertiary/aromatic N) is 3. The van der Waals surface area contributed by atoms with Gasteiger partial charge in [0, 0.05) is 23.9 Å². The normalized spacial score (nSPS) is 16.3. The minimum atomic E-state index is -0.101. The van der Waals surface area contributed by atoms with Gasteiger partial charge in [-0.3, -0.25) is 19.9 Å². The molecule has 0 aliphatic carbocycles. The number of halogens is 1. The average Bonchev–Trinajstić information content (AvgIpc) is 3.37. The van der Waals surface area contributed by atoms with E-state index >= 15 is 0 Å². The molecule has 158 valence electrons. The molecule has 10 heteroatoms. The Morgan fingerprint density at radius 2 is 2.30 bits per heavy atom. The molecule has 1 aromatic carbocycles. The summed E-state index contributed by atoms with van der Waals surface area (Å²) >= 11 is 7.59. The monoisotopic (exact) mass is 446 g/mol. The molecule has 0 spiro atoms. The van der Waals surface area contributed by atoms with E-state index < -0.39 is 0 Å². The molecule has 1 aliphatic heterocycles. The van der Waals surface area contributed by atoms with Crippen molar-refractivity contribution in [2.45, 2.75) is 37.9 Å². The number of hydrogen-bond acceptors (Lipinski definition) is 6. The predicted molar refractivity (Wildman–Crippen MR) is 116 cm³/mol. The number of aryl methyl sites for hydroxylation is 2. The molecule has 1 saturated heterocycles. The topological polar surface area (TPSA) is 109 Å². The van der Waals surface area contributed by atoms with Crippen LogP contribution in [0.3, 0.4) is 0 Å². The first-order valence-corrected chi connectivity index (χ1v) is 11.1. The van der Waals surface area contributed by atoms with E-state index in [9.17, 15) is 4.79 Å². The molecule has 3 heterocycles. The highest BCUT2D eigenvalue weighted by atomic mass is 35.5. The second kappa shape index (κ2) is 8.79. The molecule has 1 unspecified atom stereocenters. The molecule has 2 aromatic heterocycles. The first-order chi connectivity index (χ1) is 14.4. The minimum absolute atomic E-state index is 0.0972.